The Kier molecular flexibility index (Phi) is 13.4. The SMILES string of the molecule is CCOC(=O)C=CC(CCC(N)=O)NC(=O)C(Cc1ccccc1)N(C)C(=O)C(CC(C)C)NC(=O)c1cc(C)on1. The van der Waals surface area contributed by atoms with Crippen LogP contribution in [0.2, 0.25) is 0 Å². The fourth-order valence-corrected chi connectivity index (χ4v) is 4.22. The standard InChI is InChI=1S/C30H41N5O7/c1-6-41-27(37)15-13-22(12-14-26(31)36)32-29(39)25(18-21-10-8-7-9-11-21)35(5)30(40)24(16-19(2)3)33-28(38)23-17-20(4)42-34-23/h7-11,13,15,17,19,22,24-25H,6,12,14,16,18H2,1-5H3,(H2,31,36)(H,32,39)(H,33,38). The Morgan fingerprint density at radius 3 is 2.38 bits per heavy atom. The molecule has 1 aromatic heterocycles. The van der Waals surface area contributed by atoms with Gasteiger partial charge in [-0.25, -0.2) is 4.79 Å². The van der Waals surface area contributed by atoms with Gasteiger partial charge in [0.25, 0.3) is 5.91 Å². The van der Waals surface area contributed by atoms with Crippen molar-refractivity contribution in [3.8, 4) is 0 Å². The number of rotatable bonds is 16. The van der Waals surface area contributed by atoms with Crippen LogP contribution in [0.15, 0.2) is 53.1 Å². The molecule has 0 saturated heterocycles. The van der Waals surface area contributed by atoms with Crippen molar-refractivity contribution in [2.45, 2.75) is 71.5 Å². The molecule has 2 aromatic rings. The maximum atomic E-state index is 13.8. The van der Waals surface area contributed by atoms with Crippen molar-refractivity contribution in [3.05, 3.63) is 65.6 Å². The number of hydrogen-bond acceptors (Lipinski definition) is 8. The lowest BCUT2D eigenvalue weighted by atomic mass is 9.99. The van der Waals surface area contributed by atoms with Gasteiger partial charge in [-0.05, 0) is 38.2 Å². The molecule has 12 heteroatoms. The normalized spacial score (nSPS) is 13.3. The van der Waals surface area contributed by atoms with E-state index in [1.54, 1.807) is 13.8 Å². The van der Waals surface area contributed by atoms with Crippen molar-refractivity contribution in [2.75, 3.05) is 13.7 Å². The minimum Gasteiger partial charge on any atom is -0.463 e. The first-order valence-corrected chi connectivity index (χ1v) is 13.9. The molecule has 228 valence electrons. The van der Waals surface area contributed by atoms with Gasteiger partial charge in [0.1, 0.15) is 17.8 Å². The molecule has 1 heterocycles. The summed E-state index contributed by atoms with van der Waals surface area (Å²) >= 11 is 0. The lowest BCUT2D eigenvalue weighted by molar-refractivity contribution is -0.140. The number of hydrogen-bond donors (Lipinski definition) is 3. The van der Waals surface area contributed by atoms with Gasteiger partial charge in [0, 0.05) is 38.1 Å². The molecule has 42 heavy (non-hydrogen) atoms. The highest BCUT2D eigenvalue weighted by molar-refractivity contribution is 5.97. The molecule has 4 N–H and O–H groups in total. The second-order valence-corrected chi connectivity index (χ2v) is 10.4. The summed E-state index contributed by atoms with van der Waals surface area (Å²) in [4.78, 5) is 65.1. The van der Waals surface area contributed by atoms with Gasteiger partial charge >= 0.3 is 5.97 Å². The molecule has 4 amide bonds. The van der Waals surface area contributed by atoms with Gasteiger partial charge in [-0.15, -0.1) is 0 Å². The molecule has 0 aliphatic rings. The van der Waals surface area contributed by atoms with Crippen LogP contribution in [0.25, 0.3) is 0 Å². The first-order chi connectivity index (χ1) is 19.9. The largest absolute Gasteiger partial charge is 0.463 e. The molecular formula is C30H41N5O7. The lowest BCUT2D eigenvalue weighted by Gasteiger charge is -2.32. The zero-order valence-corrected chi connectivity index (χ0v) is 24.8. The maximum absolute atomic E-state index is 13.8. The third-order valence-electron chi connectivity index (χ3n) is 6.34. The van der Waals surface area contributed by atoms with Crippen LogP contribution in [-0.4, -0.2) is 71.4 Å². The fraction of sp³-hybridized carbons (Fsp3) is 0.467. The molecule has 1 aromatic carbocycles. The third-order valence-corrected chi connectivity index (χ3v) is 6.34. The van der Waals surface area contributed by atoms with E-state index in [0.717, 1.165) is 5.56 Å². The molecule has 0 aliphatic carbocycles. The molecule has 0 radical (unpaired) electrons. The number of carbonyl (C=O) groups is 5. The lowest BCUT2D eigenvalue weighted by Crippen LogP contribution is -2.56. The summed E-state index contributed by atoms with van der Waals surface area (Å²) in [6.07, 6.45) is 3.19. The Labute approximate surface area is 246 Å². The van der Waals surface area contributed by atoms with E-state index in [1.165, 1.54) is 30.2 Å². The van der Waals surface area contributed by atoms with E-state index in [2.05, 4.69) is 15.8 Å². The van der Waals surface area contributed by atoms with E-state index >= 15 is 0 Å². The molecule has 0 aliphatic heterocycles. The van der Waals surface area contributed by atoms with Crippen molar-refractivity contribution >= 4 is 29.6 Å². The van der Waals surface area contributed by atoms with Crippen LogP contribution in [0.1, 0.15) is 61.8 Å². The van der Waals surface area contributed by atoms with Gasteiger partial charge in [-0.2, -0.15) is 0 Å². The highest BCUT2D eigenvalue weighted by Gasteiger charge is 2.34. The summed E-state index contributed by atoms with van der Waals surface area (Å²) in [5.41, 5.74) is 6.16. The monoisotopic (exact) mass is 583 g/mol. The van der Waals surface area contributed by atoms with E-state index < -0.39 is 47.7 Å². The highest BCUT2D eigenvalue weighted by Crippen LogP contribution is 2.15. The van der Waals surface area contributed by atoms with Crippen LogP contribution in [0, 0.1) is 12.8 Å². The number of primary amides is 1. The van der Waals surface area contributed by atoms with Gasteiger partial charge in [-0.3, -0.25) is 19.2 Å². The predicted octanol–water partition coefficient (Wildman–Crippen LogP) is 2.07. The Hall–Kier alpha value is -4.48. The molecule has 3 unspecified atom stereocenters. The summed E-state index contributed by atoms with van der Waals surface area (Å²) in [5.74, 6) is -2.23. The van der Waals surface area contributed by atoms with E-state index in [0.29, 0.717) is 12.2 Å². The number of nitrogens with two attached hydrogens (primary N) is 1. The minimum atomic E-state index is -0.993. The molecule has 2 rings (SSSR count). The average Bonchev–Trinajstić information content (AvgIpc) is 3.38. The van der Waals surface area contributed by atoms with Crippen LogP contribution in [0.5, 0.6) is 0 Å². The highest BCUT2D eigenvalue weighted by atomic mass is 16.5. The maximum Gasteiger partial charge on any atom is 0.330 e. The summed E-state index contributed by atoms with van der Waals surface area (Å²) in [6, 6.07) is 7.96. The number of benzene rings is 1. The summed E-state index contributed by atoms with van der Waals surface area (Å²) < 4.78 is 9.90. The fourth-order valence-electron chi connectivity index (χ4n) is 4.22. The van der Waals surface area contributed by atoms with Crippen LogP contribution in [0.3, 0.4) is 0 Å². The van der Waals surface area contributed by atoms with Crippen LogP contribution in [-0.2, 0) is 30.3 Å². The second kappa shape index (κ2) is 16.7. The van der Waals surface area contributed by atoms with Gasteiger partial charge in [-0.1, -0.05) is 55.4 Å². The van der Waals surface area contributed by atoms with Crippen molar-refractivity contribution in [1.82, 2.24) is 20.7 Å². The van der Waals surface area contributed by atoms with Crippen LogP contribution >= 0.6 is 0 Å². The van der Waals surface area contributed by atoms with Crippen molar-refractivity contribution < 1.29 is 33.2 Å². The first kappa shape index (κ1) is 33.7. The number of aromatic nitrogens is 1. The van der Waals surface area contributed by atoms with Gasteiger partial charge in [0.05, 0.1) is 6.61 Å². The predicted molar refractivity (Wildman–Crippen MR) is 155 cm³/mol. The second-order valence-electron chi connectivity index (χ2n) is 10.4. The van der Waals surface area contributed by atoms with Gasteiger partial charge in [0.2, 0.25) is 17.7 Å². The number of carbonyl (C=O) groups excluding carboxylic acids is 5. The molecule has 3 atom stereocenters. The number of likely N-dealkylation sites (N-methyl/N-ethyl adjacent to an activating group) is 1. The Morgan fingerprint density at radius 1 is 1.12 bits per heavy atom. The van der Waals surface area contributed by atoms with Crippen LogP contribution < -0.4 is 16.4 Å². The number of nitrogens with one attached hydrogen (secondary N) is 2. The molecule has 0 spiro atoms. The van der Waals surface area contributed by atoms with Crippen LogP contribution in [0.4, 0.5) is 0 Å². The van der Waals surface area contributed by atoms with E-state index in [-0.39, 0.29) is 37.5 Å². The third kappa shape index (κ3) is 11.2. The zero-order chi connectivity index (χ0) is 31.2. The minimum absolute atomic E-state index is 0.0410. The topological polar surface area (TPSA) is 174 Å². The van der Waals surface area contributed by atoms with Crippen molar-refractivity contribution in [3.63, 3.8) is 0 Å². The summed E-state index contributed by atoms with van der Waals surface area (Å²) in [7, 11) is 1.50. The first-order valence-electron chi connectivity index (χ1n) is 13.9. The Morgan fingerprint density at radius 2 is 1.81 bits per heavy atom. The van der Waals surface area contributed by atoms with E-state index in [1.807, 2.05) is 44.2 Å². The number of nitrogens with zero attached hydrogens (tertiary/aromatic N) is 2. The Balaban J connectivity index is 2.35. The quantitative estimate of drug-likeness (QED) is 0.199. The molecule has 12 nitrogen and oxygen atoms in total. The number of amides is 4. The number of aryl methyl sites for hydroxylation is 1. The summed E-state index contributed by atoms with van der Waals surface area (Å²) in [6.45, 7) is 7.33. The van der Waals surface area contributed by atoms with Gasteiger partial charge in [0.15, 0.2) is 5.69 Å². The smallest absolute Gasteiger partial charge is 0.330 e. The van der Waals surface area contributed by atoms with Gasteiger partial charge < -0.3 is 30.5 Å². The summed E-state index contributed by atoms with van der Waals surface area (Å²) in [5, 5.41) is 9.29. The number of ether oxygens (including phenoxy) is 1. The molecule has 0 bridgehead atoms. The molecular weight excluding hydrogens is 542 g/mol. The zero-order valence-electron chi connectivity index (χ0n) is 24.8. The molecule has 0 saturated carbocycles. The average molecular weight is 584 g/mol. The van der Waals surface area contributed by atoms with E-state index in [9.17, 15) is 24.0 Å². The molecule has 0 fully saturated rings. The Bertz CT molecular complexity index is 1240. The van der Waals surface area contributed by atoms with E-state index in [4.69, 9.17) is 15.0 Å². The number of esters is 1. The van der Waals surface area contributed by atoms with Crippen molar-refractivity contribution in [1.29, 1.82) is 0 Å². The van der Waals surface area contributed by atoms with Crippen molar-refractivity contribution in [2.24, 2.45) is 11.7 Å².